The number of carbonyl (C=O) groups is 2. The van der Waals surface area contributed by atoms with Gasteiger partial charge in [-0.3, -0.25) is 9.69 Å². The van der Waals surface area contributed by atoms with E-state index in [2.05, 4.69) is 20.6 Å². The first kappa shape index (κ1) is 22.5. The van der Waals surface area contributed by atoms with Crippen LogP contribution in [0, 0.1) is 5.92 Å². The first-order valence-electron chi connectivity index (χ1n) is 10.5. The summed E-state index contributed by atoms with van der Waals surface area (Å²) in [6, 6.07) is 8.98. The van der Waals surface area contributed by atoms with E-state index in [1.54, 1.807) is 29.3 Å². The van der Waals surface area contributed by atoms with E-state index in [4.69, 9.17) is 4.74 Å². The Morgan fingerprint density at radius 1 is 1.16 bits per heavy atom. The lowest BCUT2D eigenvalue weighted by atomic mass is 10.0. The van der Waals surface area contributed by atoms with Crippen molar-refractivity contribution < 1.29 is 14.3 Å². The first-order valence-corrected chi connectivity index (χ1v) is 10.5. The third-order valence-corrected chi connectivity index (χ3v) is 5.07. The molecule has 1 saturated heterocycles. The molecule has 2 amide bonds. The smallest absolute Gasteiger partial charge is 0.415 e. The normalized spacial score (nSPS) is 17.5. The fraction of sp³-hybridized carbons (Fsp3) is 0.478. The molecule has 2 aromatic rings. The lowest BCUT2D eigenvalue weighted by molar-refractivity contribution is 0.0919. The van der Waals surface area contributed by atoms with Crippen molar-refractivity contribution >= 4 is 23.8 Å². The van der Waals surface area contributed by atoms with Crippen LogP contribution in [0.5, 0.6) is 0 Å². The Morgan fingerprint density at radius 2 is 1.84 bits per heavy atom. The fourth-order valence-corrected chi connectivity index (χ4v) is 3.36. The van der Waals surface area contributed by atoms with Gasteiger partial charge in [-0.2, -0.15) is 4.98 Å². The van der Waals surface area contributed by atoms with Gasteiger partial charge < -0.3 is 15.4 Å². The van der Waals surface area contributed by atoms with E-state index in [9.17, 15) is 9.59 Å². The molecule has 0 unspecified atom stereocenters. The summed E-state index contributed by atoms with van der Waals surface area (Å²) in [7, 11) is 0. The first-order chi connectivity index (χ1) is 14.5. The van der Waals surface area contributed by atoms with E-state index < -0.39 is 0 Å². The van der Waals surface area contributed by atoms with Crippen molar-refractivity contribution in [1.82, 2.24) is 15.3 Å². The number of carbonyl (C=O) groups excluding carboxylic acids is 2. The molecule has 1 aliphatic rings. The van der Waals surface area contributed by atoms with E-state index in [-0.39, 0.29) is 35.5 Å². The Bertz CT molecular complexity index is 937. The number of cyclic esters (lactones) is 1. The van der Waals surface area contributed by atoms with Crippen molar-refractivity contribution in [1.29, 1.82) is 0 Å². The van der Waals surface area contributed by atoms with E-state index in [0.29, 0.717) is 23.9 Å². The second-order valence-corrected chi connectivity index (χ2v) is 9.19. The van der Waals surface area contributed by atoms with Gasteiger partial charge in [0.25, 0.3) is 5.91 Å². The summed E-state index contributed by atoms with van der Waals surface area (Å²) >= 11 is 0. The Kier molecular flexibility index (Phi) is 6.48. The Balaban J connectivity index is 1.71. The zero-order chi connectivity index (χ0) is 22.8. The zero-order valence-electron chi connectivity index (χ0n) is 19.0. The lowest BCUT2D eigenvalue weighted by Crippen LogP contribution is -2.40. The molecule has 2 N–H and O–H groups in total. The molecule has 3 rings (SSSR count). The molecular weight excluding hydrogens is 394 g/mol. The third kappa shape index (κ3) is 5.51. The maximum atomic E-state index is 12.3. The van der Waals surface area contributed by atoms with Crippen LogP contribution in [-0.2, 0) is 4.74 Å². The summed E-state index contributed by atoms with van der Waals surface area (Å²) in [5.74, 6) is 1.07. The summed E-state index contributed by atoms with van der Waals surface area (Å²) < 4.78 is 5.22. The van der Waals surface area contributed by atoms with Gasteiger partial charge in [0.15, 0.2) is 0 Å². The predicted octanol–water partition coefficient (Wildman–Crippen LogP) is 4.16. The molecule has 1 aliphatic heterocycles. The molecule has 2 atom stereocenters. The van der Waals surface area contributed by atoms with Crippen molar-refractivity contribution in [2.24, 2.45) is 5.92 Å². The Morgan fingerprint density at radius 3 is 2.45 bits per heavy atom. The molecule has 0 radical (unpaired) electrons. The van der Waals surface area contributed by atoms with Gasteiger partial charge in [-0.25, -0.2) is 9.78 Å². The van der Waals surface area contributed by atoms with Crippen LogP contribution in [0.3, 0.4) is 0 Å². The zero-order valence-corrected chi connectivity index (χ0v) is 19.0. The van der Waals surface area contributed by atoms with Gasteiger partial charge in [0.05, 0.1) is 12.1 Å². The summed E-state index contributed by atoms with van der Waals surface area (Å²) in [5, 5.41) is 6.22. The topological polar surface area (TPSA) is 96.5 Å². The van der Waals surface area contributed by atoms with Gasteiger partial charge in [0, 0.05) is 17.3 Å². The van der Waals surface area contributed by atoms with Crippen LogP contribution in [-0.4, -0.2) is 40.2 Å². The maximum absolute atomic E-state index is 12.3. The highest BCUT2D eigenvalue weighted by Crippen LogP contribution is 2.26. The second-order valence-electron chi connectivity index (χ2n) is 9.19. The molecule has 1 fully saturated rings. The number of nitrogens with one attached hydrogen (secondary N) is 2. The second kappa shape index (κ2) is 8.91. The minimum absolute atomic E-state index is 0.0561. The molecule has 2 heterocycles. The Labute approximate surface area is 183 Å². The van der Waals surface area contributed by atoms with E-state index in [0.717, 1.165) is 5.56 Å². The summed E-state index contributed by atoms with van der Waals surface area (Å²) in [6.45, 7) is 12.3. The minimum atomic E-state index is -0.388. The van der Waals surface area contributed by atoms with Gasteiger partial charge >= 0.3 is 6.09 Å². The van der Waals surface area contributed by atoms with E-state index in [1.165, 1.54) is 0 Å². The average Bonchev–Trinajstić information content (AvgIpc) is 3.09. The number of hydrogen-bond donors (Lipinski definition) is 2. The monoisotopic (exact) mass is 425 g/mol. The molecular formula is C23H31N5O3. The van der Waals surface area contributed by atoms with Gasteiger partial charge in [-0.05, 0) is 57.4 Å². The standard InChI is InChI=1S/C23H31N5O3/c1-14(2)18-13-31-22(30)28(18)19-11-12-24-21(26-19)25-15(3)16-7-9-17(10-8-16)20(29)27-23(4,5)6/h7-12,14-15,18H,13H2,1-6H3,(H,27,29)(H,24,25,26)/t15-,18+/m0/s1. The lowest BCUT2D eigenvalue weighted by Gasteiger charge is -2.24. The predicted molar refractivity (Wildman–Crippen MR) is 120 cm³/mol. The molecule has 31 heavy (non-hydrogen) atoms. The number of ether oxygens (including phenoxy) is 1. The molecule has 166 valence electrons. The molecule has 0 aliphatic carbocycles. The number of hydrogen-bond acceptors (Lipinski definition) is 6. The molecule has 8 heteroatoms. The number of rotatable bonds is 6. The largest absolute Gasteiger partial charge is 0.447 e. The molecule has 0 bridgehead atoms. The van der Waals surface area contributed by atoms with Crippen LogP contribution in [0.15, 0.2) is 36.5 Å². The molecule has 8 nitrogen and oxygen atoms in total. The molecule has 1 aromatic carbocycles. The van der Waals surface area contributed by atoms with Crippen LogP contribution >= 0.6 is 0 Å². The van der Waals surface area contributed by atoms with Crippen molar-refractivity contribution in [2.75, 3.05) is 16.8 Å². The SMILES string of the molecule is CC(C)[C@H]1COC(=O)N1c1ccnc(N[C@@H](C)c2ccc(C(=O)NC(C)(C)C)cc2)n1. The third-order valence-electron chi connectivity index (χ3n) is 5.07. The van der Waals surface area contributed by atoms with Gasteiger partial charge in [-0.1, -0.05) is 26.0 Å². The van der Waals surface area contributed by atoms with Crippen molar-refractivity contribution in [3.63, 3.8) is 0 Å². The fourth-order valence-electron chi connectivity index (χ4n) is 3.36. The van der Waals surface area contributed by atoms with Crippen molar-refractivity contribution in [3.05, 3.63) is 47.7 Å². The number of nitrogens with zero attached hydrogens (tertiary/aromatic N) is 3. The van der Waals surface area contributed by atoms with Crippen molar-refractivity contribution in [3.8, 4) is 0 Å². The average molecular weight is 426 g/mol. The number of benzene rings is 1. The van der Waals surface area contributed by atoms with Crippen LogP contribution in [0.25, 0.3) is 0 Å². The quantitative estimate of drug-likeness (QED) is 0.721. The van der Waals surface area contributed by atoms with Crippen LogP contribution in [0.4, 0.5) is 16.6 Å². The highest BCUT2D eigenvalue weighted by atomic mass is 16.6. The summed E-state index contributed by atoms with van der Waals surface area (Å²) in [4.78, 5) is 34.9. The molecule has 1 aromatic heterocycles. The van der Waals surface area contributed by atoms with Gasteiger partial charge in [-0.15, -0.1) is 0 Å². The number of aromatic nitrogens is 2. The summed E-state index contributed by atoms with van der Waals surface area (Å²) in [6.07, 6.45) is 1.24. The number of amides is 2. The van der Waals surface area contributed by atoms with Gasteiger partial charge in [0.2, 0.25) is 5.95 Å². The molecule has 0 saturated carbocycles. The molecule has 0 spiro atoms. The minimum Gasteiger partial charge on any atom is -0.447 e. The Hall–Kier alpha value is -3.16. The maximum Gasteiger partial charge on any atom is 0.415 e. The van der Waals surface area contributed by atoms with E-state index in [1.807, 2.05) is 53.7 Å². The highest BCUT2D eigenvalue weighted by Gasteiger charge is 2.37. The summed E-state index contributed by atoms with van der Waals surface area (Å²) in [5.41, 5.74) is 1.31. The van der Waals surface area contributed by atoms with Crippen molar-refractivity contribution in [2.45, 2.75) is 59.2 Å². The highest BCUT2D eigenvalue weighted by molar-refractivity contribution is 5.94. The van der Waals surface area contributed by atoms with Gasteiger partial charge in [0.1, 0.15) is 12.4 Å². The van der Waals surface area contributed by atoms with Crippen LogP contribution < -0.4 is 15.5 Å². The van der Waals surface area contributed by atoms with Crippen LogP contribution in [0.2, 0.25) is 0 Å². The van der Waals surface area contributed by atoms with E-state index >= 15 is 0 Å². The number of anilines is 2. The van der Waals surface area contributed by atoms with Crippen LogP contribution in [0.1, 0.15) is 63.5 Å².